The molecule has 9 heteroatoms. The Hall–Kier alpha value is -2.91. The van der Waals surface area contributed by atoms with E-state index in [1.165, 1.54) is 16.2 Å². The molecule has 1 aromatic rings. The first-order valence-corrected chi connectivity index (χ1v) is 9.96. The molecule has 1 aliphatic rings. The van der Waals surface area contributed by atoms with Crippen LogP contribution in [-0.2, 0) is 14.3 Å². The van der Waals surface area contributed by atoms with Crippen LogP contribution in [0.3, 0.4) is 0 Å². The lowest BCUT2D eigenvalue weighted by atomic mass is 9.98. The molecule has 1 saturated heterocycles. The fourth-order valence-electron chi connectivity index (χ4n) is 2.98. The summed E-state index contributed by atoms with van der Waals surface area (Å²) in [6, 6.07) is 7.47. The number of nitrogens with zero attached hydrogens (tertiary/aromatic N) is 4. The van der Waals surface area contributed by atoms with E-state index in [2.05, 4.69) is 0 Å². The average molecular weight is 402 g/mol. The van der Waals surface area contributed by atoms with Crippen LogP contribution in [0.25, 0.3) is 0 Å². The Kier molecular flexibility index (Phi) is 8.44. The standard InChI is InChI=1S/C19H22N4O4S/c20-7-3-10-22(11-4-8-21)17(24)14-27-19(26)15-5-1-9-23(13-15)18(25)16-6-2-12-28-16/h2,6,12,15H,1,3-5,9-11,13-14H2. The van der Waals surface area contributed by atoms with Crippen LogP contribution in [0.4, 0.5) is 0 Å². The van der Waals surface area contributed by atoms with Crippen LogP contribution in [0.2, 0.25) is 0 Å². The van der Waals surface area contributed by atoms with Gasteiger partial charge in [-0.1, -0.05) is 6.07 Å². The zero-order valence-corrected chi connectivity index (χ0v) is 16.3. The molecule has 1 atom stereocenters. The van der Waals surface area contributed by atoms with Gasteiger partial charge in [0.05, 0.1) is 35.8 Å². The van der Waals surface area contributed by atoms with Gasteiger partial charge in [-0.05, 0) is 24.3 Å². The van der Waals surface area contributed by atoms with Gasteiger partial charge in [0.1, 0.15) is 0 Å². The third-order valence-electron chi connectivity index (χ3n) is 4.45. The Morgan fingerprint density at radius 3 is 2.57 bits per heavy atom. The lowest BCUT2D eigenvalue weighted by molar-refractivity contribution is -0.156. The minimum atomic E-state index is -0.502. The van der Waals surface area contributed by atoms with Crippen molar-refractivity contribution in [2.45, 2.75) is 25.7 Å². The van der Waals surface area contributed by atoms with Gasteiger partial charge in [0.25, 0.3) is 11.8 Å². The highest BCUT2D eigenvalue weighted by atomic mass is 32.1. The molecule has 1 unspecified atom stereocenters. The number of esters is 1. The fourth-order valence-corrected chi connectivity index (χ4v) is 3.67. The molecule has 2 amide bonds. The van der Waals surface area contributed by atoms with E-state index in [9.17, 15) is 14.4 Å². The van der Waals surface area contributed by atoms with Crippen LogP contribution in [-0.4, -0.2) is 60.4 Å². The molecule has 28 heavy (non-hydrogen) atoms. The highest BCUT2D eigenvalue weighted by Crippen LogP contribution is 2.21. The first-order chi connectivity index (χ1) is 13.6. The molecule has 2 rings (SSSR count). The molecule has 0 spiro atoms. The third-order valence-corrected chi connectivity index (χ3v) is 5.31. The van der Waals surface area contributed by atoms with Gasteiger partial charge < -0.3 is 14.5 Å². The smallest absolute Gasteiger partial charge is 0.311 e. The average Bonchev–Trinajstić information content (AvgIpc) is 3.26. The lowest BCUT2D eigenvalue weighted by Crippen LogP contribution is -2.43. The van der Waals surface area contributed by atoms with Gasteiger partial charge in [0.2, 0.25) is 0 Å². The van der Waals surface area contributed by atoms with Gasteiger partial charge in [-0.15, -0.1) is 11.3 Å². The molecule has 0 saturated carbocycles. The van der Waals surface area contributed by atoms with Crippen LogP contribution in [0.5, 0.6) is 0 Å². The van der Waals surface area contributed by atoms with Crippen molar-refractivity contribution in [3.05, 3.63) is 22.4 Å². The van der Waals surface area contributed by atoms with Crippen molar-refractivity contribution in [2.24, 2.45) is 5.92 Å². The van der Waals surface area contributed by atoms with Crippen molar-refractivity contribution in [3.63, 3.8) is 0 Å². The molecule has 0 aliphatic carbocycles. The maximum absolute atomic E-state index is 12.5. The van der Waals surface area contributed by atoms with E-state index in [1.54, 1.807) is 11.0 Å². The number of rotatable bonds is 8. The largest absolute Gasteiger partial charge is 0.455 e. The van der Waals surface area contributed by atoms with E-state index in [0.29, 0.717) is 24.3 Å². The molecule has 8 nitrogen and oxygen atoms in total. The van der Waals surface area contributed by atoms with Gasteiger partial charge in [-0.3, -0.25) is 14.4 Å². The number of piperidine rings is 1. The first-order valence-electron chi connectivity index (χ1n) is 9.08. The molecule has 1 fully saturated rings. The van der Waals surface area contributed by atoms with Crippen LogP contribution < -0.4 is 0 Å². The van der Waals surface area contributed by atoms with E-state index < -0.39 is 24.4 Å². The number of carbonyl (C=O) groups is 3. The molecular weight excluding hydrogens is 380 g/mol. The van der Waals surface area contributed by atoms with Crippen molar-refractivity contribution >= 4 is 29.1 Å². The summed E-state index contributed by atoms with van der Waals surface area (Å²) in [6.07, 6.45) is 1.59. The van der Waals surface area contributed by atoms with E-state index in [0.717, 1.165) is 0 Å². The van der Waals surface area contributed by atoms with Gasteiger partial charge >= 0.3 is 5.97 Å². The molecule has 2 heterocycles. The molecule has 0 aromatic carbocycles. The summed E-state index contributed by atoms with van der Waals surface area (Å²) in [5.41, 5.74) is 0. The third kappa shape index (κ3) is 6.07. The Morgan fingerprint density at radius 1 is 1.25 bits per heavy atom. The van der Waals surface area contributed by atoms with Gasteiger partial charge in [-0.25, -0.2) is 0 Å². The van der Waals surface area contributed by atoms with Crippen molar-refractivity contribution in [3.8, 4) is 12.1 Å². The van der Waals surface area contributed by atoms with E-state index >= 15 is 0 Å². The molecular formula is C19H22N4O4S. The van der Waals surface area contributed by atoms with E-state index in [1.807, 2.05) is 23.6 Å². The number of ether oxygens (including phenoxy) is 1. The Balaban J connectivity index is 1.85. The summed E-state index contributed by atoms with van der Waals surface area (Å²) < 4.78 is 5.17. The van der Waals surface area contributed by atoms with Gasteiger partial charge in [0.15, 0.2) is 6.61 Å². The molecule has 1 aliphatic heterocycles. The second-order valence-electron chi connectivity index (χ2n) is 6.37. The molecule has 0 radical (unpaired) electrons. The molecule has 148 valence electrons. The zero-order valence-electron chi connectivity index (χ0n) is 15.5. The maximum Gasteiger partial charge on any atom is 0.311 e. The Labute approximate surface area is 167 Å². The predicted molar refractivity (Wildman–Crippen MR) is 101 cm³/mol. The topological polar surface area (TPSA) is 114 Å². The highest BCUT2D eigenvalue weighted by molar-refractivity contribution is 7.12. The normalized spacial score (nSPS) is 15.9. The Morgan fingerprint density at radius 2 is 1.96 bits per heavy atom. The van der Waals surface area contributed by atoms with Crippen molar-refractivity contribution < 1.29 is 19.1 Å². The van der Waals surface area contributed by atoms with Gasteiger partial charge in [-0.2, -0.15) is 10.5 Å². The van der Waals surface area contributed by atoms with Crippen molar-refractivity contribution in [2.75, 3.05) is 32.8 Å². The van der Waals surface area contributed by atoms with E-state index in [-0.39, 0.29) is 38.4 Å². The maximum atomic E-state index is 12.5. The number of carbonyl (C=O) groups excluding carboxylic acids is 3. The second-order valence-corrected chi connectivity index (χ2v) is 7.32. The molecule has 1 aromatic heterocycles. The van der Waals surface area contributed by atoms with Crippen LogP contribution in [0.15, 0.2) is 17.5 Å². The molecule has 0 bridgehead atoms. The summed E-state index contributed by atoms with van der Waals surface area (Å²) in [6.45, 7) is 0.832. The quantitative estimate of drug-likeness (QED) is 0.613. The minimum absolute atomic E-state index is 0.0947. The SMILES string of the molecule is N#CCCN(CCC#N)C(=O)COC(=O)C1CCCN(C(=O)c2cccs2)C1. The summed E-state index contributed by atoms with van der Waals surface area (Å²) in [5, 5.41) is 19.2. The predicted octanol–water partition coefficient (Wildman–Crippen LogP) is 1.80. The molecule has 0 N–H and O–H groups in total. The lowest BCUT2D eigenvalue weighted by Gasteiger charge is -2.31. The highest BCUT2D eigenvalue weighted by Gasteiger charge is 2.30. The number of thiophene rings is 1. The van der Waals surface area contributed by atoms with Crippen LogP contribution in [0, 0.1) is 28.6 Å². The van der Waals surface area contributed by atoms with Crippen molar-refractivity contribution in [1.82, 2.24) is 9.80 Å². The summed E-state index contributed by atoms with van der Waals surface area (Å²) in [4.78, 5) is 40.7. The summed E-state index contributed by atoms with van der Waals surface area (Å²) in [5.74, 6) is -1.49. The van der Waals surface area contributed by atoms with Gasteiger partial charge in [0, 0.05) is 26.2 Å². The number of nitriles is 2. The monoisotopic (exact) mass is 402 g/mol. The fraction of sp³-hybridized carbons (Fsp3) is 0.526. The van der Waals surface area contributed by atoms with E-state index in [4.69, 9.17) is 15.3 Å². The first kappa shape index (κ1) is 21.4. The summed E-state index contributed by atoms with van der Waals surface area (Å²) >= 11 is 1.36. The Bertz CT molecular complexity index is 748. The van der Waals surface area contributed by atoms with Crippen LogP contribution >= 0.6 is 11.3 Å². The summed E-state index contributed by atoms with van der Waals surface area (Å²) in [7, 11) is 0. The second kappa shape index (κ2) is 11.1. The zero-order chi connectivity index (χ0) is 20.4. The number of hydrogen-bond acceptors (Lipinski definition) is 7. The van der Waals surface area contributed by atoms with Crippen LogP contribution in [0.1, 0.15) is 35.4 Å². The minimum Gasteiger partial charge on any atom is -0.455 e. The number of likely N-dealkylation sites (tertiary alicyclic amines) is 1. The van der Waals surface area contributed by atoms with Crippen molar-refractivity contribution in [1.29, 1.82) is 10.5 Å². The number of amides is 2. The number of hydrogen-bond donors (Lipinski definition) is 0.